The second kappa shape index (κ2) is 6.48. The molecular formula is C9H15NO3S. The molecule has 0 saturated carbocycles. The molecule has 0 aliphatic heterocycles. The number of hydrogen-bond acceptors (Lipinski definition) is 3. The van der Waals surface area contributed by atoms with E-state index in [0.717, 1.165) is 5.57 Å². The Morgan fingerprint density at radius 1 is 1.50 bits per heavy atom. The summed E-state index contributed by atoms with van der Waals surface area (Å²) in [4.78, 5) is 21.3. The summed E-state index contributed by atoms with van der Waals surface area (Å²) in [6.45, 7) is 6.88. The largest absolute Gasteiger partial charge is 0.480 e. The van der Waals surface area contributed by atoms with Gasteiger partial charge in [0, 0.05) is 18.4 Å². The molecule has 1 amide bonds. The van der Waals surface area contributed by atoms with E-state index in [9.17, 15) is 9.59 Å². The Labute approximate surface area is 87.8 Å². The topological polar surface area (TPSA) is 66.4 Å². The predicted octanol–water partition coefficient (Wildman–Crippen LogP) is 0.885. The molecule has 0 aromatic rings. The zero-order chi connectivity index (χ0) is 11.1. The third-order valence-electron chi connectivity index (χ3n) is 1.31. The van der Waals surface area contributed by atoms with Gasteiger partial charge in [-0.25, -0.2) is 4.79 Å². The van der Waals surface area contributed by atoms with Gasteiger partial charge in [0.2, 0.25) is 5.91 Å². The zero-order valence-electron chi connectivity index (χ0n) is 8.37. The zero-order valence-corrected chi connectivity index (χ0v) is 9.19. The van der Waals surface area contributed by atoms with E-state index >= 15 is 0 Å². The fourth-order valence-corrected chi connectivity index (χ4v) is 1.70. The number of thioether (sulfide) groups is 1. The first-order valence-electron chi connectivity index (χ1n) is 4.15. The van der Waals surface area contributed by atoms with Crippen molar-refractivity contribution in [2.75, 3.05) is 11.5 Å². The van der Waals surface area contributed by atoms with Crippen molar-refractivity contribution in [3.8, 4) is 0 Å². The van der Waals surface area contributed by atoms with Crippen LogP contribution in [0.5, 0.6) is 0 Å². The molecule has 0 aromatic carbocycles. The van der Waals surface area contributed by atoms with E-state index in [-0.39, 0.29) is 5.91 Å². The molecule has 1 atom stereocenters. The highest BCUT2D eigenvalue weighted by Gasteiger charge is 2.17. The van der Waals surface area contributed by atoms with Crippen LogP contribution in [0.4, 0.5) is 0 Å². The average molecular weight is 217 g/mol. The Hall–Kier alpha value is -0.970. The maximum Gasteiger partial charge on any atom is 0.327 e. The second-order valence-corrected chi connectivity index (χ2v) is 4.09. The molecule has 0 spiro atoms. The van der Waals surface area contributed by atoms with Gasteiger partial charge in [0.1, 0.15) is 6.04 Å². The lowest BCUT2D eigenvalue weighted by Gasteiger charge is -2.12. The molecule has 0 aliphatic carbocycles. The van der Waals surface area contributed by atoms with Gasteiger partial charge < -0.3 is 10.4 Å². The average Bonchev–Trinajstić information content (AvgIpc) is 2.00. The molecule has 0 fully saturated rings. The number of carboxylic acid groups (broad SMARTS) is 1. The fraction of sp³-hybridized carbons (Fsp3) is 0.556. The molecule has 0 aromatic heterocycles. The lowest BCUT2D eigenvalue weighted by molar-refractivity contribution is -0.140. The Balaban J connectivity index is 3.91. The molecule has 14 heavy (non-hydrogen) atoms. The van der Waals surface area contributed by atoms with Crippen LogP contribution in [-0.4, -0.2) is 34.5 Å². The smallest absolute Gasteiger partial charge is 0.327 e. The highest BCUT2D eigenvalue weighted by atomic mass is 32.2. The molecule has 4 nitrogen and oxygen atoms in total. The molecule has 5 heteroatoms. The minimum atomic E-state index is -1.01. The van der Waals surface area contributed by atoms with Gasteiger partial charge in [0.25, 0.3) is 0 Å². The molecule has 80 valence electrons. The van der Waals surface area contributed by atoms with Gasteiger partial charge in [0.05, 0.1) is 0 Å². The van der Waals surface area contributed by atoms with Crippen molar-refractivity contribution >= 4 is 23.6 Å². The van der Waals surface area contributed by atoms with Crippen LogP contribution in [0.15, 0.2) is 12.2 Å². The minimum absolute atomic E-state index is 0.326. The third kappa shape index (κ3) is 6.54. The van der Waals surface area contributed by atoms with Crippen molar-refractivity contribution < 1.29 is 14.7 Å². The lowest BCUT2D eigenvalue weighted by Crippen LogP contribution is -2.41. The SMILES string of the molecule is C=C(C)CSCC(NC(C)=O)C(=O)O. The molecule has 0 bridgehead atoms. The summed E-state index contributed by atoms with van der Waals surface area (Å²) in [5, 5.41) is 11.1. The normalized spacial score (nSPS) is 11.9. The lowest BCUT2D eigenvalue weighted by atomic mass is 10.3. The van der Waals surface area contributed by atoms with Crippen molar-refractivity contribution in [2.24, 2.45) is 0 Å². The van der Waals surface area contributed by atoms with Crippen LogP contribution in [0, 0.1) is 0 Å². The second-order valence-electron chi connectivity index (χ2n) is 3.06. The van der Waals surface area contributed by atoms with Crippen molar-refractivity contribution in [3.63, 3.8) is 0 Å². The summed E-state index contributed by atoms with van der Waals surface area (Å²) < 4.78 is 0. The van der Waals surface area contributed by atoms with E-state index in [2.05, 4.69) is 11.9 Å². The maximum atomic E-state index is 10.7. The predicted molar refractivity (Wildman–Crippen MR) is 57.4 cm³/mol. The van der Waals surface area contributed by atoms with Crippen molar-refractivity contribution in [1.82, 2.24) is 5.32 Å². The van der Waals surface area contributed by atoms with E-state index in [1.54, 1.807) is 0 Å². The van der Waals surface area contributed by atoms with Gasteiger partial charge >= 0.3 is 5.97 Å². The molecule has 2 N–H and O–H groups in total. The summed E-state index contributed by atoms with van der Waals surface area (Å²) >= 11 is 1.44. The van der Waals surface area contributed by atoms with Crippen molar-refractivity contribution in [1.29, 1.82) is 0 Å². The molecule has 0 radical (unpaired) electrons. The van der Waals surface area contributed by atoms with Crippen molar-refractivity contribution in [3.05, 3.63) is 12.2 Å². The number of nitrogens with one attached hydrogen (secondary N) is 1. The van der Waals surface area contributed by atoms with E-state index in [1.807, 2.05) is 6.92 Å². The first-order chi connectivity index (χ1) is 6.43. The minimum Gasteiger partial charge on any atom is -0.480 e. The summed E-state index contributed by atoms with van der Waals surface area (Å²) in [5.74, 6) is -0.256. The Kier molecular flexibility index (Phi) is 6.03. The van der Waals surface area contributed by atoms with Crippen LogP contribution in [0.1, 0.15) is 13.8 Å². The van der Waals surface area contributed by atoms with Gasteiger partial charge in [-0.2, -0.15) is 11.8 Å². The van der Waals surface area contributed by atoms with E-state index in [0.29, 0.717) is 11.5 Å². The molecule has 1 unspecified atom stereocenters. The van der Waals surface area contributed by atoms with Gasteiger partial charge in [-0.15, -0.1) is 0 Å². The van der Waals surface area contributed by atoms with E-state index in [1.165, 1.54) is 18.7 Å². The maximum absolute atomic E-state index is 10.7. The van der Waals surface area contributed by atoms with Gasteiger partial charge in [0.15, 0.2) is 0 Å². The summed E-state index contributed by atoms with van der Waals surface area (Å²) in [6.07, 6.45) is 0. The summed E-state index contributed by atoms with van der Waals surface area (Å²) in [7, 11) is 0. The Morgan fingerprint density at radius 2 is 2.07 bits per heavy atom. The number of carbonyl (C=O) groups is 2. The van der Waals surface area contributed by atoms with Crippen LogP contribution in [-0.2, 0) is 9.59 Å². The quantitative estimate of drug-likeness (QED) is 0.648. The number of amides is 1. The fourth-order valence-electron chi connectivity index (χ4n) is 0.771. The molecular weight excluding hydrogens is 202 g/mol. The number of carboxylic acids is 1. The third-order valence-corrected chi connectivity index (χ3v) is 2.57. The van der Waals surface area contributed by atoms with Gasteiger partial charge in [-0.05, 0) is 6.92 Å². The van der Waals surface area contributed by atoms with E-state index in [4.69, 9.17) is 5.11 Å². The summed E-state index contributed by atoms with van der Waals surface area (Å²) in [5.41, 5.74) is 0.988. The standard InChI is InChI=1S/C9H15NO3S/c1-6(2)4-14-5-8(9(12)13)10-7(3)11/h8H,1,4-5H2,2-3H3,(H,10,11)(H,12,13). The molecule has 0 rings (SSSR count). The first kappa shape index (κ1) is 13.0. The van der Waals surface area contributed by atoms with Crippen LogP contribution in [0.2, 0.25) is 0 Å². The molecule has 0 saturated heterocycles. The van der Waals surface area contributed by atoms with Crippen molar-refractivity contribution in [2.45, 2.75) is 19.9 Å². The molecule has 0 heterocycles. The number of hydrogen-bond donors (Lipinski definition) is 2. The van der Waals surface area contributed by atoms with Gasteiger partial charge in [-0.3, -0.25) is 4.79 Å². The number of carbonyl (C=O) groups excluding carboxylic acids is 1. The van der Waals surface area contributed by atoms with Crippen LogP contribution >= 0.6 is 11.8 Å². The van der Waals surface area contributed by atoms with E-state index < -0.39 is 12.0 Å². The number of rotatable bonds is 6. The monoisotopic (exact) mass is 217 g/mol. The Bertz CT molecular complexity index is 240. The highest BCUT2D eigenvalue weighted by Crippen LogP contribution is 2.07. The number of aliphatic carboxylic acids is 1. The highest BCUT2D eigenvalue weighted by molar-refractivity contribution is 7.99. The first-order valence-corrected chi connectivity index (χ1v) is 5.31. The molecule has 0 aliphatic rings. The van der Waals surface area contributed by atoms with Crippen LogP contribution in [0.3, 0.4) is 0 Å². The Morgan fingerprint density at radius 3 is 2.43 bits per heavy atom. The van der Waals surface area contributed by atoms with Gasteiger partial charge in [-0.1, -0.05) is 12.2 Å². The summed E-state index contributed by atoms with van der Waals surface area (Å²) in [6, 6.07) is -0.808. The van der Waals surface area contributed by atoms with Crippen LogP contribution < -0.4 is 5.32 Å². The van der Waals surface area contributed by atoms with Crippen LogP contribution in [0.25, 0.3) is 0 Å².